The first-order valence-corrected chi connectivity index (χ1v) is 10.0. The van der Waals surface area contributed by atoms with Crippen LogP contribution >= 0.6 is 34.5 Å². The summed E-state index contributed by atoms with van der Waals surface area (Å²) >= 11 is 12.8. The van der Waals surface area contributed by atoms with Crippen molar-refractivity contribution in [2.24, 2.45) is 0 Å². The predicted octanol–water partition coefficient (Wildman–Crippen LogP) is 5.36. The molecule has 0 saturated heterocycles. The Kier molecular flexibility index (Phi) is 7.46. The Bertz CT molecular complexity index is 923. The molecule has 1 aromatic carbocycles. The average molecular weight is 444 g/mol. The molecule has 1 heterocycles. The van der Waals surface area contributed by atoms with Crippen LogP contribution in [-0.4, -0.2) is 30.6 Å². The summed E-state index contributed by atoms with van der Waals surface area (Å²) in [6.45, 7) is 6.87. The molecule has 0 saturated carbocycles. The van der Waals surface area contributed by atoms with Crippen LogP contribution in [0.15, 0.2) is 18.2 Å². The normalized spacial score (nSPS) is 10.7. The minimum Gasteiger partial charge on any atom is -0.462 e. The second-order valence-corrected chi connectivity index (χ2v) is 7.85. The molecule has 1 amide bonds. The van der Waals surface area contributed by atoms with Crippen molar-refractivity contribution in [2.45, 2.75) is 33.8 Å². The molecule has 2 rings (SSSR count). The zero-order chi connectivity index (χ0) is 21.0. The quantitative estimate of drug-likeness (QED) is 0.607. The Morgan fingerprint density at radius 1 is 1.14 bits per heavy atom. The van der Waals surface area contributed by atoms with Crippen LogP contribution < -0.4 is 5.32 Å². The molecule has 0 radical (unpaired) electrons. The average Bonchev–Trinajstić information content (AvgIpc) is 2.93. The summed E-state index contributed by atoms with van der Waals surface area (Å²) in [4.78, 5) is 37.6. The molecule has 0 fully saturated rings. The molecule has 150 valence electrons. The van der Waals surface area contributed by atoms with Crippen LogP contribution in [-0.2, 0) is 9.47 Å². The van der Waals surface area contributed by atoms with E-state index in [1.54, 1.807) is 27.7 Å². The topological polar surface area (TPSA) is 81.7 Å². The van der Waals surface area contributed by atoms with Crippen molar-refractivity contribution < 1.29 is 23.9 Å². The summed E-state index contributed by atoms with van der Waals surface area (Å²) in [5.41, 5.74) is 0.760. The van der Waals surface area contributed by atoms with Gasteiger partial charge in [0, 0.05) is 5.56 Å². The van der Waals surface area contributed by atoms with E-state index in [4.69, 9.17) is 32.7 Å². The highest BCUT2D eigenvalue weighted by molar-refractivity contribution is 7.18. The zero-order valence-electron chi connectivity index (χ0n) is 15.7. The number of benzene rings is 1. The van der Waals surface area contributed by atoms with Crippen LogP contribution in [0.1, 0.15) is 56.7 Å². The van der Waals surface area contributed by atoms with Gasteiger partial charge in [-0.3, -0.25) is 4.79 Å². The fourth-order valence-corrected chi connectivity index (χ4v) is 3.70. The number of ether oxygens (including phenoxy) is 2. The van der Waals surface area contributed by atoms with E-state index in [1.165, 1.54) is 18.2 Å². The van der Waals surface area contributed by atoms with Gasteiger partial charge in [0.15, 0.2) is 0 Å². The van der Waals surface area contributed by atoms with Gasteiger partial charge >= 0.3 is 11.9 Å². The van der Waals surface area contributed by atoms with Gasteiger partial charge in [0.05, 0.1) is 28.3 Å². The minimum absolute atomic E-state index is 0.121. The molecule has 0 unspecified atom stereocenters. The van der Waals surface area contributed by atoms with E-state index in [-0.39, 0.29) is 38.7 Å². The fourth-order valence-electron chi connectivity index (χ4n) is 2.33. The highest BCUT2D eigenvalue weighted by atomic mass is 35.5. The second-order valence-electron chi connectivity index (χ2n) is 6.02. The Balaban J connectivity index is 2.43. The van der Waals surface area contributed by atoms with Crippen LogP contribution in [0.2, 0.25) is 10.0 Å². The number of esters is 2. The Labute approximate surface area is 176 Å². The number of anilines is 1. The first kappa shape index (κ1) is 22.2. The molecule has 1 aromatic heterocycles. The zero-order valence-corrected chi connectivity index (χ0v) is 18.1. The molecule has 9 heteroatoms. The number of carbonyl (C=O) groups excluding carboxylic acids is 3. The molecule has 0 bridgehead atoms. The largest absolute Gasteiger partial charge is 0.462 e. The molecular weight excluding hydrogens is 425 g/mol. The van der Waals surface area contributed by atoms with E-state index in [0.717, 1.165) is 11.3 Å². The molecule has 6 nitrogen and oxygen atoms in total. The number of halogens is 2. The van der Waals surface area contributed by atoms with E-state index in [9.17, 15) is 14.4 Å². The van der Waals surface area contributed by atoms with Crippen molar-refractivity contribution in [3.05, 3.63) is 49.8 Å². The van der Waals surface area contributed by atoms with Crippen molar-refractivity contribution in [3.63, 3.8) is 0 Å². The summed E-state index contributed by atoms with van der Waals surface area (Å²) in [7, 11) is 0. The first-order chi connectivity index (χ1) is 13.1. The number of nitrogens with one attached hydrogen (secondary N) is 1. The van der Waals surface area contributed by atoms with Crippen molar-refractivity contribution in [1.82, 2.24) is 0 Å². The lowest BCUT2D eigenvalue weighted by atomic mass is 10.1. The van der Waals surface area contributed by atoms with E-state index in [0.29, 0.717) is 10.6 Å². The fraction of sp³-hybridized carbons (Fsp3) is 0.316. The summed E-state index contributed by atoms with van der Waals surface area (Å²) in [6, 6.07) is 4.41. The molecule has 28 heavy (non-hydrogen) atoms. The van der Waals surface area contributed by atoms with Crippen molar-refractivity contribution in [1.29, 1.82) is 0 Å². The SMILES string of the molecule is CCOC(=O)c1c(NC(=O)c2ccc(Cl)c(Cl)c2)sc(C(=O)OC(C)C)c1C. The molecule has 1 N–H and O–H groups in total. The molecule has 0 atom stereocenters. The van der Waals surface area contributed by atoms with E-state index < -0.39 is 17.8 Å². The monoisotopic (exact) mass is 443 g/mol. The maximum absolute atomic E-state index is 12.6. The standard InChI is InChI=1S/C19H19Cl2NO5S/c1-5-26-18(24)14-10(4)15(19(25)27-9(2)3)28-17(14)22-16(23)11-6-7-12(20)13(21)8-11/h6-9H,5H2,1-4H3,(H,22,23). The van der Waals surface area contributed by atoms with Gasteiger partial charge in [-0.05, 0) is 51.5 Å². The summed E-state index contributed by atoms with van der Waals surface area (Å²) in [5.74, 6) is -1.71. The van der Waals surface area contributed by atoms with Gasteiger partial charge in [-0.25, -0.2) is 9.59 Å². The number of hydrogen-bond donors (Lipinski definition) is 1. The lowest BCUT2D eigenvalue weighted by molar-refractivity contribution is 0.0383. The van der Waals surface area contributed by atoms with Gasteiger partial charge in [-0.1, -0.05) is 23.2 Å². The molecule has 0 aliphatic rings. The van der Waals surface area contributed by atoms with E-state index in [1.807, 2.05) is 0 Å². The van der Waals surface area contributed by atoms with E-state index in [2.05, 4.69) is 5.32 Å². The van der Waals surface area contributed by atoms with Gasteiger partial charge in [-0.15, -0.1) is 11.3 Å². The van der Waals surface area contributed by atoms with Crippen LogP contribution in [0.25, 0.3) is 0 Å². The Hall–Kier alpha value is -2.09. The molecule has 0 spiro atoms. The van der Waals surface area contributed by atoms with Crippen LogP contribution in [0, 0.1) is 6.92 Å². The lowest BCUT2D eigenvalue weighted by Gasteiger charge is -2.08. The minimum atomic E-state index is -0.635. The first-order valence-electron chi connectivity index (χ1n) is 8.43. The summed E-state index contributed by atoms with van der Waals surface area (Å²) in [6.07, 6.45) is -0.325. The number of hydrogen-bond acceptors (Lipinski definition) is 6. The highest BCUT2D eigenvalue weighted by Gasteiger charge is 2.28. The van der Waals surface area contributed by atoms with Crippen molar-refractivity contribution in [3.8, 4) is 0 Å². The summed E-state index contributed by atoms with van der Waals surface area (Å²) < 4.78 is 10.3. The third-order valence-corrected chi connectivity index (χ3v) is 5.49. The number of rotatable bonds is 6. The van der Waals surface area contributed by atoms with Gasteiger partial charge in [0.1, 0.15) is 9.88 Å². The molecule has 2 aromatic rings. The van der Waals surface area contributed by atoms with Crippen molar-refractivity contribution in [2.75, 3.05) is 11.9 Å². The summed E-state index contributed by atoms with van der Waals surface area (Å²) in [5, 5.41) is 3.39. The maximum atomic E-state index is 12.6. The highest BCUT2D eigenvalue weighted by Crippen LogP contribution is 2.35. The molecular formula is C19H19Cl2NO5S. The van der Waals surface area contributed by atoms with Crippen LogP contribution in [0.3, 0.4) is 0 Å². The van der Waals surface area contributed by atoms with Gasteiger partial charge < -0.3 is 14.8 Å². The third-order valence-electron chi connectivity index (χ3n) is 3.56. The molecule has 0 aliphatic carbocycles. The number of carbonyl (C=O) groups is 3. The Morgan fingerprint density at radius 3 is 2.39 bits per heavy atom. The van der Waals surface area contributed by atoms with Gasteiger partial charge in [-0.2, -0.15) is 0 Å². The third kappa shape index (κ3) is 5.04. The lowest BCUT2D eigenvalue weighted by Crippen LogP contribution is -2.15. The van der Waals surface area contributed by atoms with Crippen LogP contribution in [0.5, 0.6) is 0 Å². The number of amides is 1. The van der Waals surface area contributed by atoms with Gasteiger partial charge in [0.2, 0.25) is 0 Å². The van der Waals surface area contributed by atoms with E-state index >= 15 is 0 Å². The number of thiophene rings is 1. The smallest absolute Gasteiger partial charge is 0.348 e. The van der Waals surface area contributed by atoms with Crippen molar-refractivity contribution >= 4 is 57.4 Å². The second kappa shape index (κ2) is 9.41. The maximum Gasteiger partial charge on any atom is 0.348 e. The predicted molar refractivity (Wildman–Crippen MR) is 110 cm³/mol. The Morgan fingerprint density at radius 2 is 1.82 bits per heavy atom. The molecule has 0 aliphatic heterocycles. The van der Waals surface area contributed by atoms with Crippen LogP contribution in [0.4, 0.5) is 5.00 Å². The van der Waals surface area contributed by atoms with Gasteiger partial charge in [0.25, 0.3) is 5.91 Å².